The van der Waals surface area contributed by atoms with Gasteiger partial charge < -0.3 is 15.1 Å². The number of carbonyl (C=O) groups is 2. The summed E-state index contributed by atoms with van der Waals surface area (Å²) in [6.45, 7) is 5.08. The molecule has 2 aliphatic heterocycles. The average Bonchev–Trinajstić information content (AvgIpc) is 3.23. The van der Waals surface area contributed by atoms with E-state index in [4.69, 9.17) is 0 Å². The number of piperazine rings is 1. The molecule has 1 atom stereocenters. The molecule has 0 saturated carbocycles. The SMILES string of the molecule is Cc1nc(N2CCN(C(=O)C3CCC(=O)NC3)CC2)cc(-n2cccn2)n1. The monoisotopic (exact) mass is 369 g/mol. The van der Waals surface area contributed by atoms with Crippen molar-refractivity contribution in [2.75, 3.05) is 37.6 Å². The summed E-state index contributed by atoms with van der Waals surface area (Å²) in [5.74, 6) is 2.36. The fourth-order valence-corrected chi connectivity index (χ4v) is 3.58. The molecular weight excluding hydrogens is 346 g/mol. The van der Waals surface area contributed by atoms with E-state index in [-0.39, 0.29) is 17.7 Å². The smallest absolute Gasteiger partial charge is 0.227 e. The first-order chi connectivity index (χ1) is 13.1. The fourth-order valence-electron chi connectivity index (χ4n) is 3.58. The Morgan fingerprint density at radius 1 is 1.19 bits per heavy atom. The van der Waals surface area contributed by atoms with Crippen LogP contribution >= 0.6 is 0 Å². The van der Waals surface area contributed by atoms with Crippen LogP contribution in [0.2, 0.25) is 0 Å². The lowest BCUT2D eigenvalue weighted by atomic mass is 9.97. The Morgan fingerprint density at radius 2 is 1.96 bits per heavy atom. The summed E-state index contributed by atoms with van der Waals surface area (Å²) in [6, 6.07) is 3.78. The van der Waals surface area contributed by atoms with Gasteiger partial charge in [0.15, 0.2) is 5.82 Å². The number of carbonyl (C=O) groups excluding carboxylic acids is 2. The minimum absolute atomic E-state index is 0.0380. The number of rotatable bonds is 3. The molecule has 1 N–H and O–H groups in total. The molecule has 2 fully saturated rings. The number of hydrogen-bond acceptors (Lipinski definition) is 6. The third-order valence-electron chi connectivity index (χ3n) is 5.08. The van der Waals surface area contributed by atoms with Crippen LogP contribution in [0.15, 0.2) is 24.5 Å². The molecule has 27 heavy (non-hydrogen) atoms. The van der Waals surface area contributed by atoms with Crippen LogP contribution in [0.4, 0.5) is 5.82 Å². The molecule has 9 heteroatoms. The quantitative estimate of drug-likeness (QED) is 0.827. The lowest BCUT2D eigenvalue weighted by molar-refractivity contribution is -0.137. The summed E-state index contributed by atoms with van der Waals surface area (Å²) in [7, 11) is 0. The van der Waals surface area contributed by atoms with Gasteiger partial charge in [-0.2, -0.15) is 5.10 Å². The maximum absolute atomic E-state index is 12.7. The molecule has 1 unspecified atom stereocenters. The first-order valence-corrected chi connectivity index (χ1v) is 9.26. The Balaban J connectivity index is 1.41. The molecule has 0 aromatic carbocycles. The number of anilines is 1. The molecule has 4 heterocycles. The van der Waals surface area contributed by atoms with Crippen molar-refractivity contribution < 1.29 is 9.59 Å². The molecular formula is C18H23N7O2. The molecule has 2 aliphatic rings. The van der Waals surface area contributed by atoms with Gasteiger partial charge in [0.2, 0.25) is 11.8 Å². The molecule has 2 saturated heterocycles. The summed E-state index contributed by atoms with van der Waals surface area (Å²) < 4.78 is 1.72. The number of nitrogens with one attached hydrogen (secondary N) is 1. The summed E-state index contributed by atoms with van der Waals surface area (Å²) >= 11 is 0. The van der Waals surface area contributed by atoms with Gasteiger partial charge in [0.05, 0.1) is 5.92 Å². The largest absolute Gasteiger partial charge is 0.355 e. The molecule has 4 rings (SSSR count). The van der Waals surface area contributed by atoms with E-state index in [1.54, 1.807) is 10.9 Å². The molecule has 0 spiro atoms. The number of amides is 2. The molecule has 2 aromatic heterocycles. The van der Waals surface area contributed by atoms with E-state index < -0.39 is 0 Å². The number of aromatic nitrogens is 4. The van der Waals surface area contributed by atoms with Gasteiger partial charge >= 0.3 is 0 Å². The Bertz CT molecular complexity index is 818. The van der Waals surface area contributed by atoms with Crippen molar-refractivity contribution in [2.24, 2.45) is 5.92 Å². The van der Waals surface area contributed by atoms with Crippen LogP contribution in [-0.4, -0.2) is 69.2 Å². The zero-order chi connectivity index (χ0) is 18.8. The number of piperidine rings is 1. The zero-order valence-electron chi connectivity index (χ0n) is 15.3. The summed E-state index contributed by atoms with van der Waals surface area (Å²) in [5, 5.41) is 7.02. The van der Waals surface area contributed by atoms with Crippen molar-refractivity contribution >= 4 is 17.6 Å². The van der Waals surface area contributed by atoms with Crippen LogP contribution < -0.4 is 10.2 Å². The average molecular weight is 369 g/mol. The van der Waals surface area contributed by atoms with Crippen molar-refractivity contribution in [3.63, 3.8) is 0 Å². The number of hydrogen-bond donors (Lipinski definition) is 1. The minimum Gasteiger partial charge on any atom is -0.355 e. The first kappa shape index (κ1) is 17.4. The van der Waals surface area contributed by atoms with E-state index in [1.807, 2.05) is 30.2 Å². The van der Waals surface area contributed by atoms with Gasteiger partial charge in [-0.1, -0.05) is 0 Å². The summed E-state index contributed by atoms with van der Waals surface area (Å²) in [4.78, 5) is 37.1. The van der Waals surface area contributed by atoms with Crippen molar-refractivity contribution in [3.8, 4) is 5.82 Å². The van der Waals surface area contributed by atoms with Gasteiger partial charge in [-0.25, -0.2) is 14.6 Å². The van der Waals surface area contributed by atoms with Gasteiger partial charge in [0, 0.05) is 57.6 Å². The normalized spacial score (nSPS) is 20.5. The highest BCUT2D eigenvalue weighted by Crippen LogP contribution is 2.19. The predicted octanol–water partition coefficient (Wildman–Crippen LogP) is 0.146. The molecule has 2 aromatic rings. The Morgan fingerprint density at radius 3 is 2.63 bits per heavy atom. The van der Waals surface area contributed by atoms with Crippen LogP contribution in [0, 0.1) is 12.8 Å². The topological polar surface area (TPSA) is 96.2 Å². The lowest BCUT2D eigenvalue weighted by Crippen LogP contribution is -2.52. The Kier molecular flexibility index (Phi) is 4.74. The van der Waals surface area contributed by atoms with Crippen LogP contribution in [0.5, 0.6) is 0 Å². The van der Waals surface area contributed by atoms with Crippen molar-refractivity contribution in [1.82, 2.24) is 30.0 Å². The van der Waals surface area contributed by atoms with Gasteiger partial charge in [-0.15, -0.1) is 0 Å². The fraction of sp³-hybridized carbons (Fsp3) is 0.500. The first-order valence-electron chi connectivity index (χ1n) is 9.26. The third kappa shape index (κ3) is 3.76. The number of nitrogens with zero attached hydrogens (tertiary/aromatic N) is 6. The van der Waals surface area contributed by atoms with Crippen LogP contribution in [0.1, 0.15) is 18.7 Å². The Labute approximate surface area is 157 Å². The highest BCUT2D eigenvalue weighted by molar-refractivity contribution is 5.84. The van der Waals surface area contributed by atoms with Crippen LogP contribution in [0.3, 0.4) is 0 Å². The second-order valence-electron chi connectivity index (χ2n) is 6.93. The molecule has 2 amide bonds. The standard InChI is InChI=1S/C18H23N7O2/c1-13-21-15(11-16(22-13)25-6-2-5-20-25)23-7-9-24(10-8-23)18(27)14-3-4-17(26)19-12-14/h2,5-6,11,14H,3-4,7-10,12H2,1H3,(H,19,26). The maximum atomic E-state index is 12.7. The number of aryl methyl sites for hydroxylation is 1. The maximum Gasteiger partial charge on any atom is 0.227 e. The van der Waals surface area contributed by atoms with Crippen LogP contribution in [-0.2, 0) is 9.59 Å². The van der Waals surface area contributed by atoms with Crippen molar-refractivity contribution in [2.45, 2.75) is 19.8 Å². The van der Waals surface area contributed by atoms with E-state index in [2.05, 4.69) is 25.3 Å². The Hall–Kier alpha value is -2.97. The minimum atomic E-state index is -0.0954. The highest BCUT2D eigenvalue weighted by atomic mass is 16.2. The van der Waals surface area contributed by atoms with E-state index in [1.165, 1.54) is 0 Å². The van der Waals surface area contributed by atoms with E-state index >= 15 is 0 Å². The summed E-state index contributed by atoms with van der Waals surface area (Å²) in [5.41, 5.74) is 0. The van der Waals surface area contributed by atoms with E-state index in [0.29, 0.717) is 38.3 Å². The van der Waals surface area contributed by atoms with Gasteiger partial charge in [0.1, 0.15) is 11.6 Å². The summed E-state index contributed by atoms with van der Waals surface area (Å²) in [6.07, 6.45) is 4.65. The van der Waals surface area contributed by atoms with Crippen molar-refractivity contribution in [1.29, 1.82) is 0 Å². The predicted molar refractivity (Wildman–Crippen MR) is 98.4 cm³/mol. The van der Waals surface area contributed by atoms with Crippen LogP contribution in [0.25, 0.3) is 5.82 Å². The second-order valence-corrected chi connectivity index (χ2v) is 6.93. The van der Waals surface area contributed by atoms with Gasteiger partial charge in [-0.3, -0.25) is 9.59 Å². The highest BCUT2D eigenvalue weighted by Gasteiger charge is 2.30. The van der Waals surface area contributed by atoms with Gasteiger partial charge in [-0.05, 0) is 19.4 Å². The third-order valence-corrected chi connectivity index (χ3v) is 5.08. The second kappa shape index (κ2) is 7.34. The lowest BCUT2D eigenvalue weighted by Gasteiger charge is -2.37. The molecule has 9 nitrogen and oxygen atoms in total. The van der Waals surface area contributed by atoms with E-state index in [9.17, 15) is 9.59 Å². The molecule has 0 bridgehead atoms. The van der Waals surface area contributed by atoms with Crippen molar-refractivity contribution in [3.05, 3.63) is 30.4 Å². The molecule has 0 radical (unpaired) electrons. The zero-order valence-corrected chi connectivity index (χ0v) is 15.3. The van der Waals surface area contributed by atoms with E-state index in [0.717, 1.165) is 24.7 Å². The van der Waals surface area contributed by atoms with Gasteiger partial charge in [0.25, 0.3) is 0 Å². The molecule has 0 aliphatic carbocycles. The molecule has 142 valence electrons.